The molecule has 0 amide bonds. The molecule has 254 valence electrons. The largest absolute Gasteiger partial charge is 0.456 e. The minimum absolute atomic E-state index is 0.00723. The molecule has 5 nitrogen and oxygen atoms in total. The first kappa shape index (κ1) is 30.5. The second-order valence-corrected chi connectivity index (χ2v) is 13.9. The van der Waals surface area contributed by atoms with Crippen LogP contribution >= 0.6 is 0 Å². The molecule has 1 unspecified atom stereocenters. The van der Waals surface area contributed by atoms with Crippen molar-refractivity contribution in [2.45, 2.75) is 12.3 Å². The Balaban J connectivity index is 1.05. The first-order valence-electron chi connectivity index (χ1n) is 18.3. The van der Waals surface area contributed by atoms with Gasteiger partial charge in [0.15, 0.2) is 11.6 Å². The monoisotopic (exact) mass is 693 g/mol. The van der Waals surface area contributed by atoms with Crippen LogP contribution in [0.25, 0.3) is 95.0 Å². The summed E-state index contributed by atoms with van der Waals surface area (Å²) >= 11 is 0. The van der Waals surface area contributed by atoms with E-state index in [2.05, 4.69) is 133 Å². The lowest BCUT2D eigenvalue weighted by Gasteiger charge is -2.19. The van der Waals surface area contributed by atoms with Gasteiger partial charge in [-0.25, -0.2) is 15.0 Å². The fourth-order valence-electron chi connectivity index (χ4n) is 7.99. The van der Waals surface area contributed by atoms with Crippen molar-refractivity contribution in [2.75, 3.05) is 0 Å². The van der Waals surface area contributed by atoms with E-state index in [-0.39, 0.29) is 5.92 Å². The third-order valence-corrected chi connectivity index (χ3v) is 10.7. The van der Waals surface area contributed by atoms with Gasteiger partial charge in [-0.15, -0.1) is 0 Å². The molecule has 0 bridgehead atoms. The van der Waals surface area contributed by atoms with Gasteiger partial charge in [0.2, 0.25) is 0 Å². The molecular weight excluding hydrogens is 663 g/mol. The molecule has 11 rings (SSSR count). The first-order chi connectivity index (χ1) is 26.7. The van der Waals surface area contributed by atoms with Gasteiger partial charge in [0.05, 0.1) is 0 Å². The molecule has 0 fully saturated rings. The maximum absolute atomic E-state index is 6.59. The van der Waals surface area contributed by atoms with Crippen molar-refractivity contribution in [1.29, 1.82) is 0 Å². The van der Waals surface area contributed by atoms with E-state index in [1.165, 1.54) is 16.7 Å². The van der Waals surface area contributed by atoms with Gasteiger partial charge in [0.1, 0.15) is 28.2 Å². The zero-order valence-corrected chi connectivity index (χ0v) is 29.1. The minimum Gasteiger partial charge on any atom is -0.456 e. The highest BCUT2D eigenvalue weighted by Crippen LogP contribution is 2.41. The predicted octanol–water partition coefficient (Wildman–Crippen LogP) is 12.7. The zero-order chi connectivity index (χ0) is 35.6. The number of aromatic nitrogens is 3. The number of rotatable bonds is 5. The molecule has 10 aromatic rings. The van der Waals surface area contributed by atoms with Gasteiger partial charge < -0.3 is 8.83 Å². The molecule has 5 heteroatoms. The van der Waals surface area contributed by atoms with Crippen molar-refractivity contribution >= 4 is 50.0 Å². The summed E-state index contributed by atoms with van der Waals surface area (Å²) in [6.45, 7) is 0. The Bertz CT molecular complexity index is 3080. The quantitative estimate of drug-likeness (QED) is 0.179. The van der Waals surface area contributed by atoms with Crippen molar-refractivity contribution in [3.8, 4) is 45.0 Å². The fraction of sp³-hybridized carbons (Fsp3) is 0.0408. The molecule has 0 spiro atoms. The van der Waals surface area contributed by atoms with E-state index in [0.717, 1.165) is 83.9 Å². The van der Waals surface area contributed by atoms with Crippen LogP contribution < -0.4 is 0 Å². The molecule has 0 saturated heterocycles. The predicted molar refractivity (Wildman–Crippen MR) is 218 cm³/mol. The number of fused-ring (bicyclic) bond motifs is 7. The van der Waals surface area contributed by atoms with Crippen LogP contribution in [0.3, 0.4) is 0 Å². The van der Waals surface area contributed by atoms with Crippen LogP contribution in [0.15, 0.2) is 173 Å². The maximum atomic E-state index is 6.59. The van der Waals surface area contributed by atoms with Crippen LogP contribution in [-0.4, -0.2) is 15.0 Å². The van der Waals surface area contributed by atoms with E-state index >= 15 is 0 Å². The van der Waals surface area contributed by atoms with Gasteiger partial charge in [0.25, 0.3) is 0 Å². The van der Waals surface area contributed by atoms with Crippen LogP contribution in [0.1, 0.15) is 22.9 Å². The molecule has 7 aromatic carbocycles. The Morgan fingerprint density at radius 1 is 0.463 bits per heavy atom. The third-order valence-electron chi connectivity index (χ3n) is 10.7. The van der Waals surface area contributed by atoms with Gasteiger partial charge in [-0.3, -0.25) is 0 Å². The Labute approximate surface area is 310 Å². The van der Waals surface area contributed by atoms with Gasteiger partial charge in [-0.1, -0.05) is 146 Å². The number of nitrogens with zero attached hydrogens (tertiary/aromatic N) is 3. The van der Waals surface area contributed by atoms with Crippen LogP contribution in [0.5, 0.6) is 0 Å². The SMILES string of the molecule is C1=CC(c2nc(-c3ccc(-c4ccccc4)cc3)nc(-c3cccc4oc5cc(-c6cccc7c6oc6ccccc67)ccc5c34)n2)Cc2ccccc21. The lowest BCUT2D eigenvalue weighted by atomic mass is 9.89. The summed E-state index contributed by atoms with van der Waals surface area (Å²) < 4.78 is 13.0. The van der Waals surface area contributed by atoms with E-state index < -0.39 is 0 Å². The van der Waals surface area contributed by atoms with E-state index in [0.29, 0.717) is 11.6 Å². The van der Waals surface area contributed by atoms with Gasteiger partial charge in [-0.05, 0) is 58.5 Å². The van der Waals surface area contributed by atoms with Crippen LogP contribution in [-0.2, 0) is 6.42 Å². The second-order valence-electron chi connectivity index (χ2n) is 13.9. The van der Waals surface area contributed by atoms with E-state index in [1.807, 2.05) is 36.4 Å². The highest BCUT2D eigenvalue weighted by Gasteiger charge is 2.23. The molecule has 1 atom stereocenters. The highest BCUT2D eigenvalue weighted by molar-refractivity contribution is 6.14. The molecule has 3 heterocycles. The number of hydrogen-bond acceptors (Lipinski definition) is 5. The fourth-order valence-corrected chi connectivity index (χ4v) is 7.99. The lowest BCUT2D eigenvalue weighted by Crippen LogP contribution is -2.12. The standard InChI is InChI=1S/C49H31N3O2/c1-2-10-30(11-3-1)32-20-23-33(24-21-32)47-50-48(36-25-22-31-12-4-5-13-34(31)28-36)52-49(51-47)41-17-9-19-43-45(41)40-27-26-35(29-44(40)53-43)37-15-8-16-39-38-14-6-7-18-42(38)54-46(37)39/h1-27,29,36H,28H2. The smallest absolute Gasteiger partial charge is 0.164 e. The molecule has 0 aliphatic heterocycles. The average Bonchev–Trinajstić information content (AvgIpc) is 3.82. The summed E-state index contributed by atoms with van der Waals surface area (Å²) in [5, 5.41) is 4.19. The highest BCUT2D eigenvalue weighted by atomic mass is 16.3. The van der Waals surface area contributed by atoms with E-state index in [1.54, 1.807) is 0 Å². The van der Waals surface area contributed by atoms with Crippen molar-refractivity contribution in [1.82, 2.24) is 15.0 Å². The summed E-state index contributed by atoms with van der Waals surface area (Å²) in [6.07, 6.45) is 5.23. The second kappa shape index (κ2) is 12.2. The Kier molecular flexibility index (Phi) is 6.92. The first-order valence-corrected chi connectivity index (χ1v) is 18.3. The topological polar surface area (TPSA) is 65.0 Å². The van der Waals surface area contributed by atoms with Gasteiger partial charge in [0, 0.05) is 44.2 Å². The summed E-state index contributed by atoms with van der Waals surface area (Å²) in [5.41, 5.74) is 12.1. The number of para-hydroxylation sites is 2. The summed E-state index contributed by atoms with van der Waals surface area (Å²) in [5.74, 6) is 2.03. The maximum Gasteiger partial charge on any atom is 0.164 e. The lowest BCUT2D eigenvalue weighted by molar-refractivity contribution is 0.668. The zero-order valence-electron chi connectivity index (χ0n) is 29.1. The Hall–Kier alpha value is -7.11. The molecule has 1 aliphatic carbocycles. The number of hydrogen-bond donors (Lipinski definition) is 0. The summed E-state index contributed by atoms with van der Waals surface area (Å²) in [7, 11) is 0. The van der Waals surface area contributed by atoms with Crippen molar-refractivity contribution < 1.29 is 8.83 Å². The molecule has 1 aliphatic rings. The average molecular weight is 694 g/mol. The van der Waals surface area contributed by atoms with Crippen LogP contribution in [0.2, 0.25) is 0 Å². The molecule has 0 radical (unpaired) electrons. The molecule has 0 N–H and O–H groups in total. The van der Waals surface area contributed by atoms with Crippen LogP contribution in [0.4, 0.5) is 0 Å². The molecule has 0 saturated carbocycles. The molecule has 54 heavy (non-hydrogen) atoms. The van der Waals surface area contributed by atoms with Gasteiger partial charge >= 0.3 is 0 Å². The third kappa shape index (κ3) is 5.05. The number of allylic oxidation sites excluding steroid dienone is 1. The molecular formula is C49H31N3O2. The summed E-state index contributed by atoms with van der Waals surface area (Å²) in [6, 6.07) is 54.5. The molecule has 3 aromatic heterocycles. The Morgan fingerprint density at radius 2 is 1.17 bits per heavy atom. The van der Waals surface area contributed by atoms with Gasteiger partial charge in [-0.2, -0.15) is 0 Å². The Morgan fingerprint density at radius 3 is 2.09 bits per heavy atom. The number of benzene rings is 7. The van der Waals surface area contributed by atoms with E-state index in [9.17, 15) is 0 Å². The minimum atomic E-state index is 0.00723. The summed E-state index contributed by atoms with van der Waals surface area (Å²) in [4.78, 5) is 15.5. The van der Waals surface area contributed by atoms with Crippen molar-refractivity contribution in [3.63, 3.8) is 0 Å². The van der Waals surface area contributed by atoms with Crippen LogP contribution in [0, 0.1) is 0 Å². The van der Waals surface area contributed by atoms with Crippen molar-refractivity contribution in [2.24, 2.45) is 0 Å². The van der Waals surface area contributed by atoms with Crippen molar-refractivity contribution in [3.05, 3.63) is 181 Å². The number of furan rings is 2. The normalized spacial score (nSPS) is 14.0. The van der Waals surface area contributed by atoms with E-state index in [4.69, 9.17) is 23.8 Å².